The molecule has 1 aliphatic heterocycles. The van der Waals surface area contributed by atoms with Crippen molar-refractivity contribution in [2.24, 2.45) is 0 Å². The molecule has 0 radical (unpaired) electrons. The molecule has 0 bridgehead atoms. The number of nitrogens with one attached hydrogen (secondary N) is 1. The summed E-state index contributed by atoms with van der Waals surface area (Å²) in [6, 6.07) is 12.2. The Morgan fingerprint density at radius 1 is 1.27 bits per heavy atom. The second-order valence-corrected chi connectivity index (χ2v) is 6.68. The molecule has 0 aromatic heterocycles. The summed E-state index contributed by atoms with van der Waals surface area (Å²) >= 11 is 1.38. The topological polar surface area (TPSA) is 98.5 Å². The van der Waals surface area contributed by atoms with E-state index in [2.05, 4.69) is 5.32 Å². The first kappa shape index (κ1) is 17.7. The Labute approximate surface area is 153 Å². The highest BCUT2D eigenvalue weighted by molar-refractivity contribution is 8.04. The lowest BCUT2D eigenvalue weighted by molar-refractivity contribution is -0.469. The van der Waals surface area contributed by atoms with Crippen LogP contribution in [0.15, 0.2) is 52.3 Å². The summed E-state index contributed by atoms with van der Waals surface area (Å²) in [4.78, 5) is 34.5. The molecule has 2 aromatic carbocycles. The Balaban J connectivity index is 1.74. The quantitative estimate of drug-likeness (QED) is 0.292. The number of thioether (sulfide) groups is 1. The number of hydrogen-bond donors (Lipinski definition) is 1. The lowest BCUT2D eigenvalue weighted by Gasteiger charge is -2.19. The van der Waals surface area contributed by atoms with Gasteiger partial charge < -0.3 is 10.1 Å². The van der Waals surface area contributed by atoms with E-state index in [1.165, 1.54) is 23.9 Å². The van der Waals surface area contributed by atoms with E-state index in [1.54, 1.807) is 18.2 Å². The minimum Gasteiger partial charge on any atom is -0.422 e. The first-order valence-corrected chi connectivity index (χ1v) is 8.46. The number of anilines is 1. The number of hydrogen-bond acceptors (Lipinski definition) is 6. The maximum Gasteiger partial charge on any atom is 0.383 e. The zero-order chi connectivity index (χ0) is 18.7. The highest BCUT2D eigenvalue weighted by Crippen LogP contribution is 2.39. The Bertz CT molecular complexity index is 922. The molecular formula is C18H14N2O5S. The van der Waals surface area contributed by atoms with Crippen LogP contribution < -0.4 is 10.1 Å². The van der Waals surface area contributed by atoms with E-state index in [1.807, 2.05) is 25.1 Å². The molecule has 1 heterocycles. The summed E-state index contributed by atoms with van der Waals surface area (Å²) in [5.41, 5.74) is 2.64. The van der Waals surface area contributed by atoms with E-state index >= 15 is 0 Å². The molecule has 0 fully saturated rings. The number of nitro groups is 1. The normalized spacial score (nSPS) is 14.5. The van der Waals surface area contributed by atoms with Gasteiger partial charge >= 0.3 is 5.97 Å². The first-order chi connectivity index (χ1) is 12.4. The van der Waals surface area contributed by atoms with Gasteiger partial charge in [-0.15, -0.1) is 0 Å². The fourth-order valence-electron chi connectivity index (χ4n) is 2.31. The number of benzene rings is 2. The van der Waals surface area contributed by atoms with Crippen LogP contribution in [0.25, 0.3) is 6.08 Å². The summed E-state index contributed by atoms with van der Waals surface area (Å²) in [6.07, 6.45) is 1.73. The summed E-state index contributed by atoms with van der Waals surface area (Å²) < 4.78 is 4.87. The van der Waals surface area contributed by atoms with Gasteiger partial charge in [0, 0.05) is 9.82 Å². The van der Waals surface area contributed by atoms with Crippen LogP contribution in [0.2, 0.25) is 0 Å². The lowest BCUT2D eigenvalue weighted by atomic mass is 10.2. The average molecular weight is 370 g/mol. The average Bonchev–Trinajstić information content (AvgIpc) is 2.57. The Morgan fingerprint density at radius 3 is 2.69 bits per heavy atom. The van der Waals surface area contributed by atoms with Gasteiger partial charge in [0.2, 0.25) is 0 Å². The maximum atomic E-state index is 12.2. The molecule has 0 spiro atoms. The molecule has 8 heteroatoms. The molecule has 0 atom stereocenters. The van der Waals surface area contributed by atoms with Crippen LogP contribution in [0, 0.1) is 17.0 Å². The second kappa shape index (κ2) is 7.40. The van der Waals surface area contributed by atoms with Crippen LogP contribution in [0.4, 0.5) is 5.69 Å². The number of amides is 1. The third-order valence-corrected chi connectivity index (χ3v) is 4.58. The van der Waals surface area contributed by atoms with Gasteiger partial charge in [-0.3, -0.25) is 14.9 Å². The van der Waals surface area contributed by atoms with Gasteiger partial charge in [-0.2, -0.15) is 0 Å². The van der Waals surface area contributed by atoms with Crippen LogP contribution in [-0.4, -0.2) is 23.3 Å². The molecule has 1 amide bonds. The van der Waals surface area contributed by atoms with Crippen molar-refractivity contribution in [3.8, 4) is 5.75 Å². The number of aryl methyl sites for hydroxylation is 1. The monoisotopic (exact) mass is 370 g/mol. The number of fused-ring (bicyclic) bond motifs is 1. The van der Waals surface area contributed by atoms with E-state index < -0.39 is 17.4 Å². The molecular weight excluding hydrogens is 356 g/mol. The molecule has 26 heavy (non-hydrogen) atoms. The molecule has 132 valence electrons. The minimum absolute atomic E-state index is 0.187. The molecule has 1 aliphatic rings. The predicted molar refractivity (Wildman–Crippen MR) is 97.6 cm³/mol. The molecule has 1 N–H and O–H groups in total. The van der Waals surface area contributed by atoms with E-state index in [-0.39, 0.29) is 11.7 Å². The van der Waals surface area contributed by atoms with Crippen molar-refractivity contribution in [2.75, 3.05) is 11.9 Å². The van der Waals surface area contributed by atoms with Crippen LogP contribution in [-0.2, 0) is 9.59 Å². The molecule has 0 aliphatic carbocycles. The van der Waals surface area contributed by atoms with Gasteiger partial charge in [0.05, 0.1) is 10.6 Å². The summed E-state index contributed by atoms with van der Waals surface area (Å²) in [5.74, 6) is -0.913. The molecule has 2 aromatic rings. The highest BCUT2D eigenvalue weighted by atomic mass is 32.2. The van der Waals surface area contributed by atoms with Gasteiger partial charge in [-0.05, 0) is 48.4 Å². The molecule has 0 saturated carbocycles. The summed E-state index contributed by atoms with van der Waals surface area (Å²) in [6.45, 7) is 1.10. The van der Waals surface area contributed by atoms with Crippen molar-refractivity contribution in [1.29, 1.82) is 0 Å². The predicted octanol–water partition coefficient (Wildman–Crippen LogP) is 3.26. The fraction of sp³-hybridized carbons (Fsp3) is 0.111. The Morgan fingerprint density at radius 2 is 2.00 bits per heavy atom. The number of carbonyl (C=O) groups excluding carboxylic acids is 2. The first-order valence-electron chi connectivity index (χ1n) is 7.65. The van der Waals surface area contributed by atoms with E-state index in [0.717, 1.165) is 21.7 Å². The number of rotatable bonds is 4. The summed E-state index contributed by atoms with van der Waals surface area (Å²) in [5, 5.41) is 13.1. The van der Waals surface area contributed by atoms with Gasteiger partial charge in [-0.1, -0.05) is 30.0 Å². The van der Waals surface area contributed by atoms with Crippen LogP contribution in [0.5, 0.6) is 5.75 Å². The third kappa shape index (κ3) is 4.28. The van der Waals surface area contributed by atoms with Crippen molar-refractivity contribution in [2.45, 2.75) is 11.8 Å². The third-order valence-electron chi connectivity index (χ3n) is 3.50. The van der Waals surface area contributed by atoms with E-state index in [0.29, 0.717) is 4.91 Å². The number of carbonyl (C=O) groups is 2. The lowest BCUT2D eigenvalue weighted by Crippen LogP contribution is -2.19. The van der Waals surface area contributed by atoms with Crippen LogP contribution in [0.3, 0.4) is 0 Å². The molecule has 0 unspecified atom stereocenters. The Kier molecular flexibility index (Phi) is 5.04. The number of ether oxygens (including phenoxy) is 1. The smallest absolute Gasteiger partial charge is 0.383 e. The van der Waals surface area contributed by atoms with E-state index in [9.17, 15) is 19.7 Å². The zero-order valence-electron chi connectivity index (χ0n) is 13.7. The molecule has 3 rings (SSSR count). The van der Waals surface area contributed by atoms with Crippen molar-refractivity contribution in [3.05, 3.63) is 68.6 Å². The standard InChI is InChI=1S/C18H14N2O5S/c1-11-2-7-14-15(8-11)26-16(18(22)19-14)9-12-3-5-13(6-4-12)25-17(21)10-20(23)24/h2-9H,10H2,1H3,(H,19,22)/b16-9-. The number of nitrogens with zero attached hydrogens (tertiary/aromatic N) is 1. The van der Waals surface area contributed by atoms with Crippen LogP contribution >= 0.6 is 11.8 Å². The van der Waals surface area contributed by atoms with Crippen molar-refractivity contribution in [3.63, 3.8) is 0 Å². The Hall–Kier alpha value is -3.13. The molecule has 7 nitrogen and oxygen atoms in total. The highest BCUT2D eigenvalue weighted by Gasteiger charge is 2.21. The van der Waals surface area contributed by atoms with Crippen LogP contribution in [0.1, 0.15) is 11.1 Å². The second-order valence-electron chi connectivity index (χ2n) is 5.60. The maximum absolute atomic E-state index is 12.2. The fourth-order valence-corrected chi connectivity index (χ4v) is 3.36. The van der Waals surface area contributed by atoms with Gasteiger partial charge in [0.15, 0.2) is 0 Å². The van der Waals surface area contributed by atoms with Gasteiger partial charge in [-0.25, -0.2) is 4.79 Å². The van der Waals surface area contributed by atoms with Crippen molar-refractivity contribution >= 4 is 35.4 Å². The van der Waals surface area contributed by atoms with Gasteiger partial charge in [0.25, 0.3) is 12.5 Å². The molecule has 0 saturated heterocycles. The minimum atomic E-state index is -0.935. The SMILES string of the molecule is Cc1ccc2c(c1)S/C(=C\c1ccc(OC(=O)C[N+](=O)[O-])cc1)C(=O)N2. The van der Waals surface area contributed by atoms with Crippen molar-refractivity contribution in [1.82, 2.24) is 0 Å². The number of esters is 1. The largest absolute Gasteiger partial charge is 0.422 e. The van der Waals surface area contributed by atoms with E-state index in [4.69, 9.17) is 4.74 Å². The van der Waals surface area contributed by atoms with Crippen molar-refractivity contribution < 1.29 is 19.2 Å². The van der Waals surface area contributed by atoms with Gasteiger partial charge in [0.1, 0.15) is 5.75 Å². The summed E-state index contributed by atoms with van der Waals surface area (Å²) in [7, 11) is 0. The zero-order valence-corrected chi connectivity index (χ0v) is 14.5.